The van der Waals surface area contributed by atoms with Crippen molar-refractivity contribution in [3.63, 3.8) is 0 Å². The molecule has 0 aliphatic carbocycles. The minimum Gasteiger partial charge on any atom is -0.497 e. The molecule has 11 heteroatoms. The monoisotopic (exact) mass is 528 g/mol. The fourth-order valence-corrected chi connectivity index (χ4v) is 5.26. The summed E-state index contributed by atoms with van der Waals surface area (Å²) in [5.41, 5.74) is 1.48. The van der Waals surface area contributed by atoms with E-state index in [0.29, 0.717) is 61.1 Å². The van der Waals surface area contributed by atoms with Crippen molar-refractivity contribution in [2.45, 2.75) is 13.0 Å². The van der Waals surface area contributed by atoms with Gasteiger partial charge in [-0.1, -0.05) is 6.07 Å². The second kappa shape index (κ2) is 11.7. The number of urea groups is 1. The molecule has 1 unspecified atom stereocenters. The van der Waals surface area contributed by atoms with Gasteiger partial charge < -0.3 is 24.4 Å². The highest BCUT2D eigenvalue weighted by atomic mass is 32.1. The van der Waals surface area contributed by atoms with Crippen LogP contribution in [0.25, 0.3) is 0 Å². The molecular weight excluding hydrogens is 496 g/mol. The smallest absolute Gasteiger partial charge is 0.338 e. The van der Waals surface area contributed by atoms with Crippen molar-refractivity contribution in [3.8, 4) is 11.5 Å². The predicted molar refractivity (Wildman–Crippen MR) is 139 cm³/mol. The standard InChI is InChI=1S/C26H32N4O6S/c1-5-36-25(32)22-19(16-29-10-12-30(13-11-29)24(31)21-7-6-14-37-21)28(2)26(33)27-23(22)18-15-17(34-3)8-9-20(18)35-4/h6-9,14-15,23H,5,10-13,16H2,1-4H3,(H,27,33). The lowest BCUT2D eigenvalue weighted by molar-refractivity contribution is -0.139. The van der Waals surface area contributed by atoms with Gasteiger partial charge in [0.1, 0.15) is 11.5 Å². The summed E-state index contributed by atoms with van der Waals surface area (Å²) in [6.45, 7) is 4.62. The van der Waals surface area contributed by atoms with Gasteiger partial charge in [-0.05, 0) is 36.6 Å². The van der Waals surface area contributed by atoms with Crippen LogP contribution in [-0.2, 0) is 9.53 Å². The topological polar surface area (TPSA) is 101 Å². The summed E-state index contributed by atoms with van der Waals surface area (Å²) in [7, 11) is 4.72. The number of piperazine rings is 1. The van der Waals surface area contributed by atoms with Gasteiger partial charge in [0.05, 0.1) is 37.3 Å². The van der Waals surface area contributed by atoms with Crippen LogP contribution in [0.4, 0.5) is 4.79 Å². The molecule has 198 valence electrons. The first kappa shape index (κ1) is 26.5. The average Bonchev–Trinajstić information content (AvgIpc) is 3.46. The number of hydrogen-bond acceptors (Lipinski definition) is 8. The molecule has 1 atom stereocenters. The van der Waals surface area contributed by atoms with E-state index in [-0.39, 0.29) is 18.5 Å². The van der Waals surface area contributed by atoms with Gasteiger partial charge in [-0.2, -0.15) is 0 Å². The van der Waals surface area contributed by atoms with Crippen LogP contribution in [0.2, 0.25) is 0 Å². The summed E-state index contributed by atoms with van der Waals surface area (Å²) < 4.78 is 16.4. The van der Waals surface area contributed by atoms with Crippen molar-refractivity contribution >= 4 is 29.2 Å². The molecule has 10 nitrogen and oxygen atoms in total. The van der Waals surface area contributed by atoms with Crippen LogP contribution in [0, 0.1) is 0 Å². The second-order valence-corrected chi connectivity index (χ2v) is 9.62. The normalized spacial score (nSPS) is 18.5. The van der Waals surface area contributed by atoms with Crippen LogP contribution in [0.15, 0.2) is 47.0 Å². The highest BCUT2D eigenvalue weighted by Gasteiger charge is 2.39. The molecular formula is C26H32N4O6S. The van der Waals surface area contributed by atoms with Gasteiger partial charge in [-0.3, -0.25) is 14.6 Å². The largest absolute Gasteiger partial charge is 0.497 e. The SMILES string of the molecule is CCOC(=O)C1=C(CN2CCN(C(=O)c3cccs3)CC2)N(C)C(=O)NC1c1cc(OC)ccc1OC. The van der Waals surface area contributed by atoms with Crippen LogP contribution in [-0.4, -0.2) is 93.2 Å². The zero-order chi connectivity index (χ0) is 26.5. The van der Waals surface area contributed by atoms with E-state index in [9.17, 15) is 14.4 Å². The summed E-state index contributed by atoms with van der Waals surface area (Å²) in [4.78, 5) is 45.3. The number of nitrogens with zero attached hydrogens (tertiary/aromatic N) is 3. The molecule has 0 bridgehead atoms. The van der Waals surface area contributed by atoms with Crippen LogP contribution >= 0.6 is 11.3 Å². The first-order valence-electron chi connectivity index (χ1n) is 12.1. The van der Waals surface area contributed by atoms with Gasteiger partial charge >= 0.3 is 12.0 Å². The summed E-state index contributed by atoms with van der Waals surface area (Å²) in [6, 6.07) is 7.82. The van der Waals surface area contributed by atoms with Crippen molar-refractivity contribution in [2.24, 2.45) is 0 Å². The number of rotatable bonds is 8. The summed E-state index contributed by atoms with van der Waals surface area (Å²) >= 11 is 1.43. The number of methoxy groups -OCH3 is 2. The summed E-state index contributed by atoms with van der Waals surface area (Å²) in [5, 5.41) is 4.82. The fraction of sp³-hybridized carbons (Fsp3) is 0.423. The Kier molecular flexibility index (Phi) is 8.34. The molecule has 4 rings (SSSR count). The third kappa shape index (κ3) is 5.57. The minimum absolute atomic E-state index is 0.0282. The third-order valence-corrected chi connectivity index (χ3v) is 7.44. The average molecular weight is 529 g/mol. The lowest BCUT2D eigenvalue weighted by Crippen LogP contribution is -2.53. The lowest BCUT2D eigenvalue weighted by Gasteiger charge is -2.39. The fourth-order valence-electron chi connectivity index (χ4n) is 4.57. The molecule has 1 aromatic heterocycles. The van der Waals surface area contributed by atoms with E-state index in [2.05, 4.69) is 10.2 Å². The number of benzene rings is 1. The molecule has 1 saturated heterocycles. The van der Waals surface area contributed by atoms with E-state index >= 15 is 0 Å². The van der Waals surface area contributed by atoms with E-state index in [1.807, 2.05) is 22.4 Å². The Morgan fingerprint density at radius 2 is 1.86 bits per heavy atom. The Balaban J connectivity index is 1.64. The number of hydrogen-bond donors (Lipinski definition) is 1. The van der Waals surface area contributed by atoms with Gasteiger partial charge in [-0.15, -0.1) is 11.3 Å². The van der Waals surface area contributed by atoms with Crippen molar-refractivity contribution < 1.29 is 28.6 Å². The van der Waals surface area contributed by atoms with E-state index in [1.165, 1.54) is 23.3 Å². The summed E-state index contributed by atoms with van der Waals surface area (Å²) in [6.07, 6.45) is 0. The van der Waals surface area contributed by atoms with Crippen LogP contribution in [0.1, 0.15) is 28.2 Å². The molecule has 0 radical (unpaired) electrons. The van der Waals surface area contributed by atoms with Gasteiger partial charge in [0.15, 0.2) is 0 Å². The zero-order valence-electron chi connectivity index (χ0n) is 21.5. The van der Waals surface area contributed by atoms with Gasteiger partial charge in [0.2, 0.25) is 0 Å². The Morgan fingerprint density at radius 3 is 2.49 bits per heavy atom. The molecule has 3 amide bonds. The number of thiophene rings is 1. The second-order valence-electron chi connectivity index (χ2n) is 8.68. The minimum atomic E-state index is -0.788. The van der Waals surface area contributed by atoms with Crippen molar-refractivity contribution in [3.05, 3.63) is 57.4 Å². The molecule has 2 aromatic rings. The predicted octanol–water partition coefficient (Wildman–Crippen LogP) is 2.74. The van der Waals surface area contributed by atoms with Crippen molar-refractivity contribution in [1.82, 2.24) is 20.0 Å². The molecule has 0 saturated carbocycles. The highest BCUT2D eigenvalue weighted by Crippen LogP contribution is 2.38. The number of ether oxygens (including phenoxy) is 3. The molecule has 1 fully saturated rings. The lowest BCUT2D eigenvalue weighted by atomic mass is 9.93. The van der Waals surface area contributed by atoms with E-state index in [4.69, 9.17) is 14.2 Å². The van der Waals surface area contributed by atoms with Crippen LogP contribution < -0.4 is 14.8 Å². The third-order valence-electron chi connectivity index (χ3n) is 6.58. The maximum absolute atomic E-state index is 13.3. The van der Waals surface area contributed by atoms with Gasteiger partial charge in [0, 0.05) is 51.0 Å². The Bertz CT molecular complexity index is 1170. The van der Waals surface area contributed by atoms with Gasteiger partial charge in [-0.25, -0.2) is 9.59 Å². The van der Waals surface area contributed by atoms with E-state index < -0.39 is 12.0 Å². The van der Waals surface area contributed by atoms with E-state index in [1.54, 1.807) is 39.3 Å². The number of amides is 3. The van der Waals surface area contributed by atoms with Gasteiger partial charge in [0.25, 0.3) is 5.91 Å². The first-order chi connectivity index (χ1) is 17.9. The number of nitrogens with one attached hydrogen (secondary N) is 1. The van der Waals surface area contributed by atoms with Crippen LogP contribution in [0.3, 0.4) is 0 Å². The van der Waals surface area contributed by atoms with Crippen molar-refractivity contribution in [2.75, 3.05) is 60.6 Å². The molecule has 3 heterocycles. The maximum atomic E-state index is 13.3. The number of carbonyl (C=O) groups excluding carboxylic acids is 3. The molecule has 1 aromatic carbocycles. The molecule has 0 spiro atoms. The summed E-state index contributed by atoms with van der Waals surface area (Å²) in [5.74, 6) is 0.601. The first-order valence-corrected chi connectivity index (χ1v) is 13.0. The molecule has 1 N–H and O–H groups in total. The Morgan fingerprint density at radius 1 is 1.11 bits per heavy atom. The quantitative estimate of drug-likeness (QED) is 0.526. The highest BCUT2D eigenvalue weighted by molar-refractivity contribution is 7.12. The molecule has 2 aliphatic heterocycles. The molecule has 2 aliphatic rings. The Hall–Kier alpha value is -3.57. The van der Waals surface area contributed by atoms with Crippen molar-refractivity contribution in [1.29, 1.82) is 0 Å². The zero-order valence-corrected chi connectivity index (χ0v) is 22.3. The maximum Gasteiger partial charge on any atom is 0.338 e. The molecule has 37 heavy (non-hydrogen) atoms. The van der Waals surface area contributed by atoms with E-state index in [0.717, 1.165) is 4.88 Å². The number of carbonyl (C=O) groups is 3. The number of esters is 1. The number of likely N-dealkylation sites (N-methyl/N-ethyl adjacent to an activating group) is 1. The van der Waals surface area contributed by atoms with Crippen LogP contribution in [0.5, 0.6) is 11.5 Å². The Labute approximate surface area is 220 Å².